The molecule has 244 valence electrons. The van der Waals surface area contributed by atoms with Crippen molar-refractivity contribution in [3.63, 3.8) is 0 Å². The molecule has 46 heavy (non-hydrogen) atoms. The molecule has 3 heterocycles. The number of rotatable bonds is 7. The molecule has 2 fully saturated rings. The Labute approximate surface area is 268 Å². The van der Waals surface area contributed by atoms with Crippen LogP contribution in [-0.2, 0) is 11.3 Å². The van der Waals surface area contributed by atoms with Gasteiger partial charge < -0.3 is 31.1 Å². The molecule has 1 aliphatic carbocycles. The van der Waals surface area contributed by atoms with E-state index in [9.17, 15) is 4.79 Å². The molecule has 6 rings (SSSR count). The lowest BCUT2D eigenvalue weighted by Crippen LogP contribution is -2.49. The van der Waals surface area contributed by atoms with Crippen LogP contribution in [0.3, 0.4) is 0 Å². The third kappa shape index (κ3) is 7.90. The van der Waals surface area contributed by atoms with E-state index in [0.29, 0.717) is 35.5 Å². The summed E-state index contributed by atoms with van der Waals surface area (Å²) in [5, 5.41) is 19.0. The molecule has 2 aliphatic rings. The molecule has 4 aromatic rings. The Morgan fingerprint density at radius 2 is 1.67 bits per heavy atom. The number of amides is 2. The van der Waals surface area contributed by atoms with Gasteiger partial charge in [-0.25, -0.2) is 19.4 Å². The number of hydrogen-bond donors (Lipinski definition) is 4. The smallest absolute Gasteiger partial charge is 0.319 e. The Bertz CT molecular complexity index is 1630. The monoisotopic (exact) mass is 629 g/mol. The zero-order valence-electron chi connectivity index (χ0n) is 26.6. The van der Waals surface area contributed by atoms with Gasteiger partial charge in [0.2, 0.25) is 0 Å². The van der Waals surface area contributed by atoms with E-state index in [1.165, 1.54) is 6.33 Å². The first kappa shape index (κ1) is 32.6. The number of carboxylic acids is 1. The highest BCUT2D eigenvalue weighted by Gasteiger charge is 2.31. The number of hydrogen-bond acceptors (Lipinski definition) is 9. The van der Waals surface area contributed by atoms with Gasteiger partial charge in [0.1, 0.15) is 23.6 Å². The summed E-state index contributed by atoms with van der Waals surface area (Å²) < 4.78 is 7.72. The molecular weight excluding hydrogens is 586 g/mol. The number of methoxy groups -OCH3 is 1. The van der Waals surface area contributed by atoms with E-state index < -0.39 is 5.97 Å². The SMILES string of the molecule is CC(=O)O.COc1cc(-c2nn(C3CCC(N4CCN(C)CC4)CC3)c3ncnc(N)c23)ccc1NC(=O)NCc1ccccc1. The topological polar surface area (TPSA) is 164 Å². The van der Waals surface area contributed by atoms with Gasteiger partial charge >= 0.3 is 6.03 Å². The van der Waals surface area contributed by atoms with Gasteiger partial charge in [-0.3, -0.25) is 9.69 Å². The molecule has 2 aromatic heterocycles. The molecule has 1 saturated carbocycles. The predicted molar refractivity (Wildman–Crippen MR) is 178 cm³/mol. The fraction of sp³-hybridized carbons (Fsp3) is 0.424. The molecule has 13 nitrogen and oxygen atoms in total. The van der Waals surface area contributed by atoms with Crippen LogP contribution in [0, 0.1) is 0 Å². The lowest BCUT2D eigenvalue weighted by Gasteiger charge is -2.41. The number of nitrogen functional groups attached to an aromatic ring is 1. The first-order valence-corrected chi connectivity index (χ1v) is 15.6. The lowest BCUT2D eigenvalue weighted by molar-refractivity contribution is -0.134. The standard InChI is InChI=1S/C31H39N9O2.C2H4O2/c1-38-14-16-39(17-15-38)23-9-11-24(12-10-23)40-30-27(29(32)34-20-35-30)28(37-40)22-8-13-25(26(18-22)42-2)36-31(41)33-19-21-6-4-3-5-7-21;1-2(3)4/h3-8,13,18,20,23-24H,9-12,14-17,19H2,1-2H3,(H2,32,34,35)(H2,33,36,41);1H3,(H,3,4). The van der Waals surface area contributed by atoms with E-state index in [1.807, 2.05) is 48.5 Å². The number of aromatic nitrogens is 4. The third-order valence-electron chi connectivity index (χ3n) is 8.60. The summed E-state index contributed by atoms with van der Waals surface area (Å²) in [4.78, 5) is 35.6. The number of piperazine rings is 1. The normalized spacial score (nSPS) is 18.8. The van der Waals surface area contributed by atoms with Gasteiger partial charge in [0.25, 0.3) is 5.97 Å². The van der Waals surface area contributed by atoms with Crippen LogP contribution in [0.5, 0.6) is 5.75 Å². The number of ether oxygens (including phenoxy) is 1. The van der Waals surface area contributed by atoms with Gasteiger partial charge in [0, 0.05) is 51.3 Å². The van der Waals surface area contributed by atoms with E-state index >= 15 is 0 Å². The summed E-state index contributed by atoms with van der Waals surface area (Å²) in [7, 11) is 3.78. The molecule has 0 bridgehead atoms. The van der Waals surface area contributed by atoms with E-state index in [0.717, 1.165) is 80.9 Å². The predicted octanol–water partition coefficient (Wildman–Crippen LogP) is 4.23. The van der Waals surface area contributed by atoms with Gasteiger partial charge in [-0.15, -0.1) is 0 Å². The number of aliphatic carboxylic acids is 1. The van der Waals surface area contributed by atoms with Crippen LogP contribution >= 0.6 is 0 Å². The zero-order valence-corrected chi connectivity index (χ0v) is 26.6. The summed E-state index contributed by atoms with van der Waals surface area (Å²) in [6.45, 7) is 6.07. The highest BCUT2D eigenvalue weighted by atomic mass is 16.5. The van der Waals surface area contributed by atoms with Crippen LogP contribution in [0.15, 0.2) is 54.9 Å². The number of fused-ring (bicyclic) bond motifs is 1. The van der Waals surface area contributed by atoms with Crippen molar-refractivity contribution < 1.29 is 19.4 Å². The number of likely N-dealkylation sites (N-methyl/N-ethyl adjacent to an activating group) is 1. The van der Waals surface area contributed by atoms with Crippen molar-refractivity contribution in [2.24, 2.45) is 0 Å². The van der Waals surface area contributed by atoms with Crippen molar-refractivity contribution in [3.05, 3.63) is 60.4 Å². The summed E-state index contributed by atoms with van der Waals surface area (Å²) in [5.74, 6) is 0.0852. The molecular formula is C33H43N9O4. The van der Waals surface area contributed by atoms with Crippen LogP contribution in [-0.4, -0.2) is 93.0 Å². The summed E-state index contributed by atoms with van der Waals surface area (Å²) in [5.41, 5.74) is 10.3. The third-order valence-corrected chi connectivity index (χ3v) is 8.60. The van der Waals surface area contributed by atoms with Gasteiger partial charge in [-0.1, -0.05) is 36.4 Å². The Kier molecular flexibility index (Phi) is 10.7. The number of anilines is 2. The molecule has 0 atom stereocenters. The Morgan fingerprint density at radius 3 is 2.35 bits per heavy atom. The minimum Gasteiger partial charge on any atom is -0.495 e. The first-order chi connectivity index (χ1) is 22.2. The fourth-order valence-electron chi connectivity index (χ4n) is 6.19. The number of nitrogens with two attached hydrogens (primary N) is 1. The van der Waals surface area contributed by atoms with Gasteiger partial charge in [-0.05, 0) is 50.4 Å². The van der Waals surface area contributed by atoms with E-state index in [-0.39, 0.29) is 12.1 Å². The minimum absolute atomic E-state index is 0.246. The number of urea groups is 1. The molecule has 1 saturated heterocycles. The Morgan fingerprint density at radius 1 is 1.00 bits per heavy atom. The number of nitrogens with zero attached hydrogens (tertiary/aromatic N) is 6. The van der Waals surface area contributed by atoms with E-state index in [2.05, 4.69) is 42.1 Å². The van der Waals surface area contributed by atoms with Crippen LogP contribution in [0.25, 0.3) is 22.3 Å². The molecule has 5 N–H and O–H groups in total. The molecule has 0 spiro atoms. The maximum atomic E-state index is 12.6. The van der Waals surface area contributed by atoms with Crippen LogP contribution in [0.2, 0.25) is 0 Å². The van der Waals surface area contributed by atoms with Crippen molar-refractivity contribution in [1.82, 2.24) is 34.9 Å². The van der Waals surface area contributed by atoms with Crippen LogP contribution in [0.1, 0.15) is 44.2 Å². The van der Waals surface area contributed by atoms with Crippen LogP contribution < -0.4 is 21.1 Å². The number of carbonyl (C=O) groups excluding carboxylic acids is 1. The van der Waals surface area contributed by atoms with Crippen molar-refractivity contribution >= 4 is 34.5 Å². The number of carbonyl (C=O) groups is 2. The van der Waals surface area contributed by atoms with Crippen molar-refractivity contribution in [3.8, 4) is 17.0 Å². The summed E-state index contributed by atoms with van der Waals surface area (Å²) in [6.07, 6.45) is 5.89. The van der Waals surface area contributed by atoms with E-state index in [1.54, 1.807) is 7.11 Å². The average molecular weight is 630 g/mol. The second-order valence-electron chi connectivity index (χ2n) is 11.8. The van der Waals surface area contributed by atoms with Gasteiger partial charge in [0.15, 0.2) is 5.65 Å². The fourth-order valence-corrected chi connectivity index (χ4v) is 6.19. The molecule has 13 heteroatoms. The van der Waals surface area contributed by atoms with Crippen molar-refractivity contribution in [1.29, 1.82) is 0 Å². The molecule has 2 aromatic carbocycles. The lowest BCUT2D eigenvalue weighted by atomic mass is 9.90. The Hall–Kier alpha value is -4.75. The second-order valence-corrected chi connectivity index (χ2v) is 11.8. The minimum atomic E-state index is -0.833. The zero-order chi connectivity index (χ0) is 32.6. The largest absolute Gasteiger partial charge is 0.495 e. The van der Waals surface area contributed by atoms with E-state index in [4.69, 9.17) is 25.5 Å². The highest BCUT2D eigenvalue weighted by Crippen LogP contribution is 2.39. The molecule has 0 unspecified atom stereocenters. The maximum Gasteiger partial charge on any atom is 0.319 e. The van der Waals surface area contributed by atoms with Crippen molar-refractivity contribution in [2.45, 2.75) is 51.2 Å². The Balaban J connectivity index is 0.000000985. The maximum absolute atomic E-state index is 12.6. The van der Waals surface area contributed by atoms with Crippen LogP contribution in [0.4, 0.5) is 16.3 Å². The number of carboxylic acid groups (broad SMARTS) is 1. The quantitative estimate of drug-likeness (QED) is 0.233. The van der Waals surface area contributed by atoms with Gasteiger partial charge in [0.05, 0.1) is 24.2 Å². The first-order valence-electron chi connectivity index (χ1n) is 15.6. The number of benzene rings is 2. The molecule has 0 radical (unpaired) electrons. The summed E-state index contributed by atoms with van der Waals surface area (Å²) in [6, 6.07) is 15.9. The number of nitrogens with one attached hydrogen (secondary N) is 2. The molecule has 1 aliphatic heterocycles. The molecule has 2 amide bonds. The van der Waals surface area contributed by atoms with Crippen molar-refractivity contribution in [2.75, 3.05) is 51.4 Å². The highest BCUT2D eigenvalue weighted by molar-refractivity contribution is 5.99. The second kappa shape index (κ2) is 15.0. The summed E-state index contributed by atoms with van der Waals surface area (Å²) >= 11 is 0. The average Bonchev–Trinajstić information content (AvgIpc) is 3.46. The van der Waals surface area contributed by atoms with Gasteiger partial charge in [-0.2, -0.15) is 5.10 Å².